The van der Waals surface area contributed by atoms with Crippen LogP contribution in [-0.2, 0) is 11.0 Å². The number of carbonyl (C=O) groups is 2. The van der Waals surface area contributed by atoms with Crippen molar-refractivity contribution >= 4 is 34.8 Å². The van der Waals surface area contributed by atoms with E-state index in [1.54, 1.807) is 6.07 Å². The number of aryl methyl sites for hydroxylation is 2. The Morgan fingerprint density at radius 2 is 1.74 bits per heavy atom. The number of benzene rings is 2. The Hall–Kier alpha value is -3.04. The van der Waals surface area contributed by atoms with Gasteiger partial charge in [0.15, 0.2) is 0 Å². The maximum atomic E-state index is 13.0. The lowest BCUT2D eigenvalue weighted by Crippen LogP contribution is -2.25. The second-order valence-corrected chi connectivity index (χ2v) is 10.5. The lowest BCUT2D eigenvalue weighted by molar-refractivity contribution is -0.138. The van der Waals surface area contributed by atoms with E-state index in [9.17, 15) is 22.8 Å². The van der Waals surface area contributed by atoms with Crippen molar-refractivity contribution in [2.24, 2.45) is 0 Å². The normalized spacial score (nSPS) is 12.3. The molecule has 1 unspecified atom stereocenters. The Balaban J connectivity index is 1.84. The molecule has 1 amide bonds. The number of carboxylic acids is 1. The third-order valence-corrected chi connectivity index (χ3v) is 7.60. The van der Waals surface area contributed by atoms with E-state index >= 15 is 0 Å². The van der Waals surface area contributed by atoms with Crippen LogP contribution in [0.15, 0.2) is 42.5 Å². The molecule has 38 heavy (non-hydrogen) atoms. The number of aliphatic carboxylic acids is 1. The third-order valence-electron chi connectivity index (χ3n) is 5.96. The Morgan fingerprint density at radius 1 is 1.11 bits per heavy atom. The summed E-state index contributed by atoms with van der Waals surface area (Å²) < 4.78 is 45.3. The monoisotopic (exact) mass is 567 g/mol. The van der Waals surface area contributed by atoms with Crippen LogP contribution in [0.25, 0.3) is 11.1 Å². The Labute approximate surface area is 228 Å². The van der Waals surface area contributed by atoms with Crippen molar-refractivity contribution in [3.8, 4) is 16.9 Å². The summed E-state index contributed by atoms with van der Waals surface area (Å²) in [6.07, 6.45) is -2.45. The molecule has 0 saturated carbocycles. The average Bonchev–Trinajstić information content (AvgIpc) is 3.22. The zero-order chi connectivity index (χ0) is 28.0. The van der Waals surface area contributed by atoms with Crippen LogP contribution in [0.3, 0.4) is 0 Å². The molecule has 2 N–H and O–H groups in total. The molecule has 0 bridgehead atoms. The van der Waals surface area contributed by atoms with Crippen molar-refractivity contribution in [2.45, 2.75) is 58.7 Å². The highest BCUT2D eigenvalue weighted by Crippen LogP contribution is 2.39. The van der Waals surface area contributed by atoms with E-state index in [2.05, 4.69) is 12.2 Å². The van der Waals surface area contributed by atoms with Crippen LogP contribution in [0, 0.1) is 13.8 Å². The number of alkyl halides is 3. The first kappa shape index (κ1) is 29.5. The van der Waals surface area contributed by atoms with Gasteiger partial charge in [-0.15, -0.1) is 11.3 Å². The molecular weight excluding hydrogens is 539 g/mol. The van der Waals surface area contributed by atoms with Gasteiger partial charge in [-0.2, -0.15) is 13.2 Å². The first-order valence-electron chi connectivity index (χ1n) is 12.2. The average molecular weight is 568 g/mol. The number of amides is 1. The quantitative estimate of drug-likeness (QED) is 0.245. The molecule has 0 saturated heterocycles. The molecular formula is C28H29ClF3NO4S. The summed E-state index contributed by atoms with van der Waals surface area (Å²) in [5.41, 5.74) is 2.55. The van der Waals surface area contributed by atoms with E-state index in [-0.39, 0.29) is 24.1 Å². The molecule has 0 aliphatic carbocycles. The number of hydrogen-bond acceptors (Lipinski definition) is 4. The minimum atomic E-state index is -4.39. The predicted molar refractivity (Wildman–Crippen MR) is 143 cm³/mol. The molecule has 0 aliphatic rings. The fourth-order valence-electron chi connectivity index (χ4n) is 4.15. The zero-order valence-corrected chi connectivity index (χ0v) is 22.8. The topological polar surface area (TPSA) is 75.6 Å². The number of rotatable bonds is 11. The van der Waals surface area contributed by atoms with Gasteiger partial charge in [0.05, 0.1) is 17.0 Å². The number of nitrogens with one attached hydrogen (secondary N) is 1. The van der Waals surface area contributed by atoms with Gasteiger partial charge in [0.2, 0.25) is 0 Å². The molecule has 204 valence electrons. The van der Waals surface area contributed by atoms with Crippen molar-refractivity contribution in [3.63, 3.8) is 0 Å². The van der Waals surface area contributed by atoms with Gasteiger partial charge in [0.1, 0.15) is 16.7 Å². The van der Waals surface area contributed by atoms with E-state index in [0.717, 1.165) is 46.5 Å². The van der Waals surface area contributed by atoms with Crippen molar-refractivity contribution in [1.29, 1.82) is 0 Å². The second-order valence-electron chi connectivity index (χ2n) is 8.98. The van der Waals surface area contributed by atoms with Crippen molar-refractivity contribution in [1.82, 2.24) is 5.32 Å². The lowest BCUT2D eigenvalue weighted by Gasteiger charge is -2.20. The lowest BCUT2D eigenvalue weighted by atomic mass is 9.94. The SMILES string of the molecule is CCCCC(Oc1cc(C)c(-c2ccc(C(F)(F)F)cc2)c(C)c1)c1cc(Cl)c(C(=O)NCCC(=O)O)s1. The Bertz CT molecular complexity index is 1270. The van der Waals surface area contributed by atoms with Gasteiger partial charge in [0, 0.05) is 11.4 Å². The number of carboxylic acid groups (broad SMARTS) is 1. The van der Waals surface area contributed by atoms with Gasteiger partial charge in [-0.3, -0.25) is 9.59 Å². The van der Waals surface area contributed by atoms with E-state index in [1.165, 1.54) is 23.5 Å². The van der Waals surface area contributed by atoms with Gasteiger partial charge in [-0.1, -0.05) is 37.1 Å². The van der Waals surface area contributed by atoms with Crippen molar-refractivity contribution in [2.75, 3.05) is 6.54 Å². The second kappa shape index (κ2) is 12.7. The van der Waals surface area contributed by atoms with Crippen LogP contribution < -0.4 is 10.1 Å². The molecule has 0 aliphatic heterocycles. The molecule has 5 nitrogen and oxygen atoms in total. The molecule has 1 heterocycles. The van der Waals surface area contributed by atoms with Crippen LogP contribution in [0.5, 0.6) is 5.75 Å². The Kier molecular flexibility index (Phi) is 9.84. The van der Waals surface area contributed by atoms with Gasteiger partial charge in [-0.25, -0.2) is 0 Å². The molecule has 10 heteroatoms. The fraction of sp³-hybridized carbons (Fsp3) is 0.357. The van der Waals surface area contributed by atoms with E-state index < -0.39 is 23.6 Å². The minimum Gasteiger partial charge on any atom is -0.485 e. The number of halogens is 4. The fourth-order valence-corrected chi connectivity index (χ4v) is 5.56. The molecule has 1 atom stereocenters. The third kappa shape index (κ3) is 7.51. The smallest absolute Gasteiger partial charge is 0.416 e. The highest BCUT2D eigenvalue weighted by atomic mass is 35.5. The standard InChI is InChI=1S/C28H29ClF3NO4S/c1-4-5-6-22(23-15-21(29)26(38-23)27(36)33-12-11-24(34)35)37-20-13-16(2)25(17(3)14-20)18-7-9-19(10-8-18)28(30,31)32/h7-10,13-15,22H,4-6,11-12H2,1-3H3,(H,33,36)(H,34,35). The first-order chi connectivity index (χ1) is 17.9. The summed E-state index contributed by atoms with van der Waals surface area (Å²) in [6.45, 7) is 5.83. The molecule has 3 aromatic rings. The van der Waals surface area contributed by atoms with Gasteiger partial charge in [-0.05, 0) is 79.3 Å². The molecule has 0 spiro atoms. The zero-order valence-electron chi connectivity index (χ0n) is 21.2. The molecule has 0 fully saturated rings. The maximum absolute atomic E-state index is 13.0. The van der Waals surface area contributed by atoms with E-state index in [4.69, 9.17) is 21.4 Å². The van der Waals surface area contributed by atoms with Crippen LogP contribution in [0.2, 0.25) is 5.02 Å². The molecule has 2 aromatic carbocycles. The molecule has 0 radical (unpaired) electrons. The summed E-state index contributed by atoms with van der Waals surface area (Å²) in [4.78, 5) is 24.3. The van der Waals surface area contributed by atoms with Crippen LogP contribution in [0.4, 0.5) is 13.2 Å². The summed E-state index contributed by atoms with van der Waals surface area (Å²) in [5.74, 6) is -0.839. The van der Waals surface area contributed by atoms with Crippen molar-refractivity contribution < 1.29 is 32.6 Å². The van der Waals surface area contributed by atoms with Crippen LogP contribution in [-0.4, -0.2) is 23.5 Å². The largest absolute Gasteiger partial charge is 0.485 e. The van der Waals surface area contributed by atoms with Gasteiger partial charge < -0.3 is 15.2 Å². The van der Waals surface area contributed by atoms with Crippen LogP contribution >= 0.6 is 22.9 Å². The van der Waals surface area contributed by atoms with Gasteiger partial charge in [0.25, 0.3) is 5.91 Å². The first-order valence-corrected chi connectivity index (χ1v) is 13.3. The molecule has 3 rings (SSSR count). The summed E-state index contributed by atoms with van der Waals surface area (Å²) >= 11 is 7.56. The number of unbranched alkanes of at least 4 members (excludes halogenated alkanes) is 1. The van der Waals surface area contributed by atoms with Crippen molar-refractivity contribution in [3.05, 3.63) is 73.9 Å². The number of hydrogen-bond donors (Lipinski definition) is 2. The highest BCUT2D eigenvalue weighted by Gasteiger charge is 2.30. The van der Waals surface area contributed by atoms with Crippen LogP contribution in [0.1, 0.15) is 70.0 Å². The predicted octanol–water partition coefficient (Wildman–Crippen LogP) is 8.22. The summed E-state index contributed by atoms with van der Waals surface area (Å²) in [5, 5.41) is 11.6. The Morgan fingerprint density at radius 3 is 2.29 bits per heavy atom. The van der Waals surface area contributed by atoms with E-state index in [0.29, 0.717) is 22.6 Å². The highest BCUT2D eigenvalue weighted by molar-refractivity contribution is 7.14. The van der Waals surface area contributed by atoms with Gasteiger partial charge >= 0.3 is 12.1 Å². The number of carbonyl (C=O) groups excluding carboxylic acids is 1. The molecule has 1 aromatic heterocycles. The summed E-state index contributed by atoms with van der Waals surface area (Å²) in [6, 6.07) is 10.5. The number of thiophene rings is 1. The summed E-state index contributed by atoms with van der Waals surface area (Å²) in [7, 11) is 0. The maximum Gasteiger partial charge on any atom is 0.416 e. The minimum absolute atomic E-state index is 0.00265. The number of ether oxygens (including phenoxy) is 1. The van der Waals surface area contributed by atoms with E-state index in [1.807, 2.05) is 26.0 Å².